The molecule has 0 saturated carbocycles. The Bertz CT molecular complexity index is 858. The van der Waals surface area contributed by atoms with E-state index in [-0.39, 0.29) is 0 Å². The van der Waals surface area contributed by atoms with E-state index in [1.807, 2.05) is 62.4 Å². The van der Waals surface area contributed by atoms with E-state index < -0.39 is 0 Å². The lowest BCUT2D eigenvalue weighted by Crippen LogP contribution is -2.11. The maximum Gasteiger partial charge on any atom is 0.190 e. The van der Waals surface area contributed by atoms with Crippen molar-refractivity contribution < 1.29 is 4.74 Å². The number of aryl methyl sites for hydroxylation is 2. The van der Waals surface area contributed by atoms with Crippen molar-refractivity contribution in [2.75, 3.05) is 6.61 Å². The number of nitriles is 1. The van der Waals surface area contributed by atoms with Crippen LogP contribution in [0.1, 0.15) is 16.8 Å². The van der Waals surface area contributed by atoms with E-state index in [0.717, 1.165) is 17.0 Å². The minimum Gasteiger partial charge on any atom is -0.492 e. The SMILES string of the molecule is Cc1ccc(OCCn2nnc(C#N)c2-c2ccc(C)cc2)cc1. The van der Waals surface area contributed by atoms with Crippen LogP contribution in [0.25, 0.3) is 11.3 Å². The van der Waals surface area contributed by atoms with Crippen LogP contribution in [0.4, 0.5) is 0 Å². The third-order valence-corrected chi connectivity index (χ3v) is 3.76. The topological polar surface area (TPSA) is 63.7 Å². The molecule has 5 nitrogen and oxygen atoms in total. The summed E-state index contributed by atoms with van der Waals surface area (Å²) in [6, 6.07) is 18.0. The van der Waals surface area contributed by atoms with Crippen molar-refractivity contribution in [1.29, 1.82) is 5.26 Å². The molecule has 0 aliphatic heterocycles. The number of hydrogen-bond donors (Lipinski definition) is 0. The average Bonchev–Trinajstić information content (AvgIpc) is 3.00. The predicted octanol–water partition coefficient (Wildman–Crippen LogP) is 3.51. The molecule has 0 amide bonds. The third kappa shape index (κ3) is 3.44. The van der Waals surface area contributed by atoms with Gasteiger partial charge in [-0.3, -0.25) is 0 Å². The quantitative estimate of drug-likeness (QED) is 0.722. The van der Waals surface area contributed by atoms with Gasteiger partial charge in [-0.05, 0) is 26.0 Å². The summed E-state index contributed by atoms with van der Waals surface area (Å²) in [7, 11) is 0. The van der Waals surface area contributed by atoms with Crippen molar-refractivity contribution in [3.63, 3.8) is 0 Å². The number of rotatable bonds is 5. The van der Waals surface area contributed by atoms with Crippen molar-refractivity contribution in [3.8, 4) is 23.1 Å². The van der Waals surface area contributed by atoms with Crippen molar-refractivity contribution in [2.45, 2.75) is 20.4 Å². The second-order valence-electron chi connectivity index (χ2n) is 5.65. The van der Waals surface area contributed by atoms with Gasteiger partial charge < -0.3 is 4.74 Å². The molecule has 2 aromatic carbocycles. The van der Waals surface area contributed by atoms with Gasteiger partial charge in [0.05, 0.1) is 6.54 Å². The molecule has 5 heteroatoms. The molecule has 24 heavy (non-hydrogen) atoms. The summed E-state index contributed by atoms with van der Waals surface area (Å²) >= 11 is 0. The van der Waals surface area contributed by atoms with Crippen LogP contribution < -0.4 is 4.74 Å². The summed E-state index contributed by atoms with van der Waals surface area (Å²) in [5, 5.41) is 17.3. The van der Waals surface area contributed by atoms with Gasteiger partial charge in [-0.1, -0.05) is 52.7 Å². The van der Waals surface area contributed by atoms with Gasteiger partial charge >= 0.3 is 0 Å². The van der Waals surface area contributed by atoms with Gasteiger partial charge in [0.1, 0.15) is 24.1 Å². The van der Waals surface area contributed by atoms with Crippen LogP contribution in [-0.2, 0) is 6.54 Å². The van der Waals surface area contributed by atoms with Gasteiger partial charge in [-0.15, -0.1) is 5.10 Å². The van der Waals surface area contributed by atoms with Gasteiger partial charge in [0.15, 0.2) is 5.69 Å². The van der Waals surface area contributed by atoms with Crippen molar-refractivity contribution in [1.82, 2.24) is 15.0 Å². The van der Waals surface area contributed by atoms with Crippen LogP contribution in [-0.4, -0.2) is 21.6 Å². The van der Waals surface area contributed by atoms with E-state index in [1.165, 1.54) is 11.1 Å². The molecule has 3 aromatic rings. The highest BCUT2D eigenvalue weighted by Crippen LogP contribution is 2.22. The molecule has 1 heterocycles. The van der Waals surface area contributed by atoms with Crippen LogP contribution in [0.2, 0.25) is 0 Å². The van der Waals surface area contributed by atoms with E-state index in [4.69, 9.17) is 4.74 Å². The second kappa shape index (κ2) is 6.97. The van der Waals surface area contributed by atoms with E-state index in [0.29, 0.717) is 18.8 Å². The lowest BCUT2D eigenvalue weighted by molar-refractivity contribution is 0.290. The monoisotopic (exact) mass is 318 g/mol. The number of ether oxygens (including phenoxy) is 1. The Labute approximate surface area is 141 Å². The molecule has 0 aliphatic carbocycles. The lowest BCUT2D eigenvalue weighted by atomic mass is 10.1. The maximum absolute atomic E-state index is 9.28. The maximum atomic E-state index is 9.28. The Kier molecular flexibility index (Phi) is 4.57. The molecule has 0 aliphatic rings. The average molecular weight is 318 g/mol. The zero-order valence-corrected chi connectivity index (χ0v) is 13.7. The van der Waals surface area contributed by atoms with Gasteiger partial charge in [-0.25, -0.2) is 4.68 Å². The van der Waals surface area contributed by atoms with Crippen molar-refractivity contribution in [3.05, 3.63) is 65.4 Å². The highest BCUT2D eigenvalue weighted by molar-refractivity contribution is 5.65. The highest BCUT2D eigenvalue weighted by atomic mass is 16.5. The Balaban J connectivity index is 1.76. The zero-order valence-electron chi connectivity index (χ0n) is 13.7. The normalized spacial score (nSPS) is 10.4. The molecule has 0 spiro atoms. The first-order valence-electron chi connectivity index (χ1n) is 7.77. The zero-order chi connectivity index (χ0) is 16.9. The van der Waals surface area contributed by atoms with Gasteiger partial charge in [0.2, 0.25) is 0 Å². The molecule has 0 radical (unpaired) electrons. The van der Waals surface area contributed by atoms with E-state index in [1.54, 1.807) is 4.68 Å². The largest absolute Gasteiger partial charge is 0.492 e. The van der Waals surface area contributed by atoms with E-state index >= 15 is 0 Å². The molecule has 0 fully saturated rings. The molecule has 120 valence electrons. The van der Waals surface area contributed by atoms with Gasteiger partial charge in [0, 0.05) is 5.56 Å². The minimum absolute atomic E-state index is 0.328. The summed E-state index contributed by atoms with van der Waals surface area (Å²) in [6.07, 6.45) is 0. The third-order valence-electron chi connectivity index (χ3n) is 3.76. The Morgan fingerprint density at radius 2 is 1.62 bits per heavy atom. The van der Waals surface area contributed by atoms with Crippen LogP contribution in [0.3, 0.4) is 0 Å². The molecule has 0 unspecified atom stereocenters. The van der Waals surface area contributed by atoms with Crippen LogP contribution in [0.15, 0.2) is 48.5 Å². The first-order valence-corrected chi connectivity index (χ1v) is 7.77. The summed E-state index contributed by atoms with van der Waals surface area (Å²) < 4.78 is 7.47. The fourth-order valence-corrected chi connectivity index (χ4v) is 2.43. The van der Waals surface area contributed by atoms with E-state index in [2.05, 4.69) is 16.4 Å². The lowest BCUT2D eigenvalue weighted by Gasteiger charge is -2.09. The Morgan fingerprint density at radius 1 is 1.00 bits per heavy atom. The van der Waals surface area contributed by atoms with Crippen LogP contribution in [0.5, 0.6) is 5.75 Å². The highest BCUT2D eigenvalue weighted by Gasteiger charge is 2.14. The Hall–Kier alpha value is -3.13. The van der Waals surface area contributed by atoms with Crippen LogP contribution >= 0.6 is 0 Å². The fraction of sp³-hybridized carbons (Fsp3) is 0.211. The first-order chi connectivity index (χ1) is 11.7. The summed E-state index contributed by atoms with van der Waals surface area (Å²) in [5.41, 5.74) is 4.34. The molecule has 1 aromatic heterocycles. The summed E-state index contributed by atoms with van der Waals surface area (Å²) in [6.45, 7) is 5.04. The predicted molar refractivity (Wildman–Crippen MR) is 91.6 cm³/mol. The standard InChI is InChI=1S/C19H18N4O/c1-14-3-7-16(8-4-14)19-18(13-20)21-22-23(19)11-12-24-17-9-5-15(2)6-10-17/h3-10H,11-12H2,1-2H3. The van der Waals surface area contributed by atoms with E-state index in [9.17, 15) is 5.26 Å². The molecule has 3 rings (SSSR count). The second-order valence-corrected chi connectivity index (χ2v) is 5.65. The summed E-state index contributed by atoms with van der Waals surface area (Å²) in [5.74, 6) is 0.818. The molecule has 0 atom stereocenters. The smallest absolute Gasteiger partial charge is 0.190 e. The van der Waals surface area contributed by atoms with Gasteiger partial charge in [-0.2, -0.15) is 5.26 Å². The van der Waals surface area contributed by atoms with Crippen LogP contribution in [0, 0.1) is 25.2 Å². The number of benzene rings is 2. The Morgan fingerprint density at radius 3 is 2.25 bits per heavy atom. The molecular formula is C19H18N4O. The molecule has 0 N–H and O–H groups in total. The molecule has 0 bridgehead atoms. The first kappa shape index (κ1) is 15.8. The van der Waals surface area contributed by atoms with Crippen molar-refractivity contribution in [2.24, 2.45) is 0 Å². The molecule has 0 saturated heterocycles. The number of hydrogen-bond acceptors (Lipinski definition) is 4. The molecular weight excluding hydrogens is 300 g/mol. The van der Waals surface area contributed by atoms with Crippen molar-refractivity contribution >= 4 is 0 Å². The number of nitrogens with zero attached hydrogens (tertiary/aromatic N) is 4. The number of aromatic nitrogens is 3. The fourth-order valence-electron chi connectivity index (χ4n) is 2.43. The van der Waals surface area contributed by atoms with Gasteiger partial charge in [0.25, 0.3) is 0 Å². The minimum atomic E-state index is 0.328. The summed E-state index contributed by atoms with van der Waals surface area (Å²) in [4.78, 5) is 0.